The zero-order chi connectivity index (χ0) is 25.4. The molecule has 0 spiro atoms. The highest BCUT2D eigenvalue weighted by Crippen LogP contribution is 2.33. The largest absolute Gasteiger partial charge is 0.494 e. The van der Waals surface area contributed by atoms with E-state index in [0.29, 0.717) is 27.0 Å². The molecular weight excluding hydrogens is 472 g/mol. The zero-order valence-corrected chi connectivity index (χ0v) is 21.5. The number of aromatic nitrogens is 1. The number of aliphatic imine (C=N–C) groups is 1. The molecule has 0 bridgehead atoms. The average Bonchev–Trinajstić information content (AvgIpc) is 2.87. The SMILES string of the molecule is Cc1ccc(-n2c(O)c(C=Nc3cc(Cl)ccc3N3CC[NH+](C)CC3)c3ccccc3c2=O)cc1C. The van der Waals surface area contributed by atoms with Crippen molar-refractivity contribution in [2.24, 2.45) is 4.99 Å². The maximum Gasteiger partial charge on any atom is 0.265 e. The summed E-state index contributed by atoms with van der Waals surface area (Å²) in [5.41, 5.74) is 4.73. The molecule has 4 aromatic rings. The molecule has 0 aliphatic carbocycles. The number of anilines is 1. The number of quaternary nitrogens is 1. The summed E-state index contributed by atoms with van der Waals surface area (Å²) >= 11 is 6.35. The van der Waals surface area contributed by atoms with E-state index in [1.54, 1.807) is 12.3 Å². The van der Waals surface area contributed by atoms with E-state index in [2.05, 4.69) is 11.9 Å². The average molecular weight is 502 g/mol. The van der Waals surface area contributed by atoms with Gasteiger partial charge in [0.2, 0.25) is 5.88 Å². The fraction of sp³-hybridized carbons (Fsp3) is 0.241. The molecule has 0 atom stereocenters. The predicted molar refractivity (Wildman–Crippen MR) is 148 cm³/mol. The van der Waals surface area contributed by atoms with E-state index in [0.717, 1.165) is 48.7 Å². The van der Waals surface area contributed by atoms with Crippen LogP contribution < -0.4 is 15.4 Å². The Morgan fingerprint density at radius 3 is 2.42 bits per heavy atom. The van der Waals surface area contributed by atoms with Gasteiger partial charge in [-0.3, -0.25) is 9.79 Å². The van der Waals surface area contributed by atoms with Gasteiger partial charge in [0.15, 0.2) is 0 Å². The third-order valence-electron chi connectivity index (χ3n) is 7.08. The Kier molecular flexibility index (Phi) is 6.56. The van der Waals surface area contributed by atoms with Crippen LogP contribution in [0.1, 0.15) is 16.7 Å². The quantitative estimate of drug-likeness (QED) is 0.415. The minimum atomic E-state index is -0.271. The number of likely N-dealkylation sites (N-methyl/N-ethyl adjacent to an activating group) is 1. The third-order valence-corrected chi connectivity index (χ3v) is 7.32. The monoisotopic (exact) mass is 501 g/mol. The van der Waals surface area contributed by atoms with Gasteiger partial charge < -0.3 is 14.9 Å². The van der Waals surface area contributed by atoms with Gasteiger partial charge in [-0.05, 0) is 61.4 Å². The van der Waals surface area contributed by atoms with E-state index in [1.807, 2.05) is 68.4 Å². The molecule has 2 N–H and O–H groups in total. The van der Waals surface area contributed by atoms with Gasteiger partial charge >= 0.3 is 0 Å². The van der Waals surface area contributed by atoms with Crippen LogP contribution in [0, 0.1) is 13.8 Å². The van der Waals surface area contributed by atoms with Crippen LogP contribution in [0.25, 0.3) is 16.5 Å². The molecule has 0 unspecified atom stereocenters. The van der Waals surface area contributed by atoms with Crippen LogP contribution in [0.3, 0.4) is 0 Å². The van der Waals surface area contributed by atoms with Gasteiger partial charge in [-0.25, -0.2) is 4.57 Å². The second-order valence-corrected chi connectivity index (χ2v) is 9.96. The summed E-state index contributed by atoms with van der Waals surface area (Å²) in [7, 11) is 2.20. The Morgan fingerprint density at radius 1 is 0.972 bits per heavy atom. The van der Waals surface area contributed by atoms with Crippen molar-refractivity contribution in [2.75, 3.05) is 38.1 Å². The van der Waals surface area contributed by atoms with Crippen LogP contribution in [0.15, 0.2) is 70.5 Å². The fourth-order valence-electron chi connectivity index (χ4n) is 4.72. The van der Waals surface area contributed by atoms with Crippen molar-refractivity contribution >= 4 is 40.0 Å². The summed E-state index contributed by atoms with van der Waals surface area (Å²) in [6.07, 6.45) is 1.64. The number of hydrogen-bond donors (Lipinski definition) is 2. The molecule has 7 heteroatoms. The van der Waals surface area contributed by atoms with Crippen LogP contribution in [0.2, 0.25) is 5.02 Å². The normalized spacial score (nSPS) is 14.7. The molecule has 36 heavy (non-hydrogen) atoms. The number of hydrogen-bond acceptors (Lipinski definition) is 4. The van der Waals surface area contributed by atoms with Crippen molar-refractivity contribution in [3.8, 4) is 11.6 Å². The Labute approximate surface area is 215 Å². The van der Waals surface area contributed by atoms with E-state index in [4.69, 9.17) is 16.6 Å². The molecule has 0 amide bonds. The van der Waals surface area contributed by atoms with Gasteiger partial charge in [-0.2, -0.15) is 0 Å². The van der Waals surface area contributed by atoms with E-state index < -0.39 is 0 Å². The third kappa shape index (κ3) is 4.50. The molecule has 3 aromatic carbocycles. The van der Waals surface area contributed by atoms with Gasteiger partial charge in [0, 0.05) is 22.0 Å². The number of rotatable bonds is 4. The van der Waals surface area contributed by atoms with Crippen LogP contribution >= 0.6 is 11.6 Å². The Balaban J connectivity index is 1.66. The summed E-state index contributed by atoms with van der Waals surface area (Å²) < 4.78 is 1.36. The molecule has 5 rings (SSSR count). The number of aryl methyl sites for hydroxylation is 2. The molecule has 1 saturated heterocycles. The van der Waals surface area contributed by atoms with Crippen molar-refractivity contribution in [3.05, 3.63) is 92.7 Å². The highest BCUT2D eigenvalue weighted by atomic mass is 35.5. The van der Waals surface area contributed by atoms with E-state index in [9.17, 15) is 9.90 Å². The van der Waals surface area contributed by atoms with E-state index in [1.165, 1.54) is 9.47 Å². The van der Waals surface area contributed by atoms with E-state index >= 15 is 0 Å². The van der Waals surface area contributed by atoms with Crippen molar-refractivity contribution in [1.82, 2.24) is 4.57 Å². The highest BCUT2D eigenvalue weighted by molar-refractivity contribution is 6.31. The number of halogens is 1. The maximum atomic E-state index is 13.4. The molecule has 1 fully saturated rings. The summed E-state index contributed by atoms with van der Waals surface area (Å²) in [5.74, 6) is -0.141. The molecule has 1 aliphatic rings. The molecule has 1 aromatic heterocycles. The summed E-state index contributed by atoms with van der Waals surface area (Å²) in [6, 6.07) is 18.8. The summed E-state index contributed by atoms with van der Waals surface area (Å²) in [4.78, 5) is 22.1. The molecule has 184 valence electrons. The molecular formula is C29H30ClN4O2+. The number of benzene rings is 3. The van der Waals surface area contributed by atoms with E-state index in [-0.39, 0.29) is 11.4 Å². The van der Waals surface area contributed by atoms with Gasteiger partial charge in [0.1, 0.15) is 0 Å². The van der Waals surface area contributed by atoms with Gasteiger partial charge in [-0.1, -0.05) is 35.9 Å². The first kappa shape index (κ1) is 24.1. The van der Waals surface area contributed by atoms with Gasteiger partial charge in [-0.15, -0.1) is 0 Å². The Hall–Kier alpha value is -3.61. The Bertz CT molecular complexity index is 1530. The number of nitrogens with zero attached hydrogens (tertiary/aromatic N) is 3. The lowest BCUT2D eigenvalue weighted by molar-refractivity contribution is -0.880. The zero-order valence-electron chi connectivity index (χ0n) is 20.8. The number of fused-ring (bicyclic) bond motifs is 1. The predicted octanol–water partition coefficient (Wildman–Crippen LogP) is 4.05. The smallest absolute Gasteiger partial charge is 0.265 e. The molecule has 2 heterocycles. The first-order valence-corrected chi connectivity index (χ1v) is 12.6. The second kappa shape index (κ2) is 9.80. The van der Waals surface area contributed by atoms with Crippen LogP contribution in [-0.4, -0.2) is 49.1 Å². The maximum absolute atomic E-state index is 13.4. The molecule has 0 radical (unpaired) electrons. The van der Waals surface area contributed by atoms with Crippen molar-refractivity contribution in [3.63, 3.8) is 0 Å². The topological polar surface area (TPSA) is 62.3 Å². The lowest BCUT2D eigenvalue weighted by Gasteiger charge is -2.32. The number of piperazine rings is 1. The first-order valence-electron chi connectivity index (χ1n) is 12.2. The van der Waals surface area contributed by atoms with Crippen molar-refractivity contribution in [1.29, 1.82) is 0 Å². The first-order chi connectivity index (χ1) is 17.3. The van der Waals surface area contributed by atoms with Crippen LogP contribution in [0.4, 0.5) is 11.4 Å². The lowest BCUT2D eigenvalue weighted by Crippen LogP contribution is -3.12. The Morgan fingerprint density at radius 2 is 1.69 bits per heavy atom. The summed E-state index contributed by atoms with van der Waals surface area (Å²) in [6.45, 7) is 7.98. The van der Waals surface area contributed by atoms with Crippen molar-refractivity contribution < 1.29 is 10.0 Å². The number of pyridine rings is 1. The fourth-order valence-corrected chi connectivity index (χ4v) is 4.89. The number of aromatic hydroxyl groups is 1. The van der Waals surface area contributed by atoms with Crippen molar-refractivity contribution in [2.45, 2.75) is 13.8 Å². The number of nitrogens with one attached hydrogen (secondary N) is 1. The molecule has 0 saturated carbocycles. The molecule has 6 nitrogen and oxygen atoms in total. The summed E-state index contributed by atoms with van der Waals surface area (Å²) in [5, 5.41) is 13.2. The highest BCUT2D eigenvalue weighted by Gasteiger charge is 2.20. The van der Waals surface area contributed by atoms with Gasteiger partial charge in [0.05, 0.1) is 55.9 Å². The lowest BCUT2D eigenvalue weighted by atomic mass is 10.1. The molecule has 1 aliphatic heterocycles. The standard InChI is InChI=1S/C29H29ClN4O2/c1-19-8-10-22(16-20(19)2)34-28(35)24-7-5-4-6-23(24)25(29(34)36)18-31-26-17-21(30)9-11-27(26)33-14-12-32(3)13-15-33/h4-11,16-18,36H,12-15H2,1-3H3/p+1. The van der Waals surface area contributed by atoms with Crippen LogP contribution in [0.5, 0.6) is 5.88 Å². The second-order valence-electron chi connectivity index (χ2n) is 9.53. The van der Waals surface area contributed by atoms with Gasteiger partial charge in [0.25, 0.3) is 5.56 Å². The minimum Gasteiger partial charge on any atom is -0.494 e. The van der Waals surface area contributed by atoms with Crippen LogP contribution in [-0.2, 0) is 0 Å². The minimum absolute atomic E-state index is 0.141.